The Morgan fingerprint density at radius 1 is 1.36 bits per heavy atom. The Kier molecular flexibility index (Phi) is 4.49. The van der Waals surface area contributed by atoms with E-state index in [0.29, 0.717) is 40.6 Å². The Labute approximate surface area is 162 Å². The number of hydrogen-bond acceptors (Lipinski definition) is 4. The maximum Gasteiger partial charge on any atom is 0.408 e. The van der Waals surface area contributed by atoms with Gasteiger partial charge in [-0.15, -0.1) is 0 Å². The van der Waals surface area contributed by atoms with E-state index in [1.807, 2.05) is 0 Å². The number of rotatable bonds is 4. The molecule has 28 heavy (non-hydrogen) atoms. The molecule has 4 rings (SSSR count). The van der Waals surface area contributed by atoms with E-state index >= 15 is 0 Å². The standard InChI is InChI=1S/C18H15ClF3N5O/c1-9-7-12(15-11(19)3-2-6-23-15)24-14-8-13(26-27(9)14)17(28)25-16(10-4-5-10)18(20,21)22/h2-3,6-8,10,16H,4-5H2,1H3,(H,25,28). The Morgan fingerprint density at radius 2 is 2.11 bits per heavy atom. The molecule has 0 aliphatic heterocycles. The molecule has 1 unspecified atom stereocenters. The molecule has 0 spiro atoms. The lowest BCUT2D eigenvalue weighted by Gasteiger charge is -2.20. The quantitative estimate of drug-likeness (QED) is 0.711. The molecule has 1 saturated carbocycles. The van der Waals surface area contributed by atoms with Crippen LogP contribution in [-0.2, 0) is 0 Å². The molecular weight excluding hydrogens is 395 g/mol. The number of amides is 1. The topological polar surface area (TPSA) is 72.2 Å². The van der Waals surface area contributed by atoms with Crippen molar-refractivity contribution in [2.75, 3.05) is 0 Å². The lowest BCUT2D eigenvalue weighted by molar-refractivity contribution is -0.158. The van der Waals surface area contributed by atoms with Gasteiger partial charge in [0, 0.05) is 18.0 Å². The first-order valence-electron chi connectivity index (χ1n) is 8.60. The van der Waals surface area contributed by atoms with Gasteiger partial charge in [-0.05, 0) is 43.9 Å². The van der Waals surface area contributed by atoms with Crippen molar-refractivity contribution >= 4 is 23.2 Å². The van der Waals surface area contributed by atoms with Crippen LogP contribution in [0.4, 0.5) is 13.2 Å². The third-order valence-corrected chi connectivity index (χ3v) is 4.88. The summed E-state index contributed by atoms with van der Waals surface area (Å²) in [4.78, 5) is 21.0. The van der Waals surface area contributed by atoms with Crippen molar-refractivity contribution in [3.63, 3.8) is 0 Å². The molecule has 1 N–H and O–H groups in total. The zero-order valence-corrected chi connectivity index (χ0v) is 15.4. The van der Waals surface area contributed by atoms with E-state index in [4.69, 9.17) is 11.6 Å². The molecule has 0 aromatic carbocycles. The first-order valence-corrected chi connectivity index (χ1v) is 8.98. The predicted octanol–water partition coefficient (Wildman–Crippen LogP) is 3.82. The van der Waals surface area contributed by atoms with Crippen LogP contribution in [0.25, 0.3) is 17.0 Å². The summed E-state index contributed by atoms with van der Waals surface area (Å²) >= 11 is 6.16. The van der Waals surface area contributed by atoms with E-state index in [9.17, 15) is 18.0 Å². The number of aromatic nitrogens is 4. The minimum Gasteiger partial charge on any atom is -0.339 e. The van der Waals surface area contributed by atoms with Gasteiger partial charge in [-0.25, -0.2) is 9.50 Å². The average molecular weight is 410 g/mol. The summed E-state index contributed by atoms with van der Waals surface area (Å²) in [5.41, 5.74) is 1.77. The molecule has 10 heteroatoms. The highest BCUT2D eigenvalue weighted by Gasteiger charge is 2.49. The van der Waals surface area contributed by atoms with Gasteiger partial charge in [0.25, 0.3) is 5.91 Å². The fourth-order valence-corrected chi connectivity index (χ4v) is 3.26. The zero-order valence-electron chi connectivity index (χ0n) is 14.7. The van der Waals surface area contributed by atoms with E-state index < -0.39 is 24.0 Å². The Bertz CT molecular complexity index is 1060. The molecule has 6 nitrogen and oxygen atoms in total. The molecule has 1 aliphatic rings. The first-order chi connectivity index (χ1) is 13.2. The molecule has 0 radical (unpaired) electrons. The van der Waals surface area contributed by atoms with Gasteiger partial charge in [-0.2, -0.15) is 18.3 Å². The molecule has 3 aromatic rings. The summed E-state index contributed by atoms with van der Waals surface area (Å²) in [5, 5.41) is 6.59. The van der Waals surface area contributed by atoms with Gasteiger partial charge in [-0.1, -0.05) is 11.6 Å². The third-order valence-electron chi connectivity index (χ3n) is 4.57. The van der Waals surface area contributed by atoms with Crippen LogP contribution in [0.5, 0.6) is 0 Å². The highest BCUT2D eigenvalue weighted by molar-refractivity contribution is 6.32. The van der Waals surface area contributed by atoms with E-state index in [0.717, 1.165) is 0 Å². The summed E-state index contributed by atoms with van der Waals surface area (Å²) in [6, 6.07) is 4.55. The van der Waals surface area contributed by atoms with Crippen LogP contribution in [0, 0.1) is 12.8 Å². The molecule has 1 aliphatic carbocycles. The van der Waals surface area contributed by atoms with Crippen LogP contribution in [0.1, 0.15) is 29.0 Å². The summed E-state index contributed by atoms with van der Waals surface area (Å²) in [6.07, 6.45) is -2.02. The highest BCUT2D eigenvalue weighted by Crippen LogP contribution is 2.40. The summed E-state index contributed by atoms with van der Waals surface area (Å²) in [7, 11) is 0. The number of fused-ring (bicyclic) bond motifs is 1. The highest BCUT2D eigenvalue weighted by atomic mass is 35.5. The average Bonchev–Trinajstić information content (AvgIpc) is 3.36. The molecule has 0 saturated heterocycles. The van der Waals surface area contributed by atoms with Crippen LogP contribution >= 0.6 is 11.6 Å². The Balaban J connectivity index is 1.67. The lowest BCUT2D eigenvalue weighted by atomic mass is 10.1. The number of hydrogen-bond donors (Lipinski definition) is 1. The number of carbonyl (C=O) groups excluding carboxylic acids is 1. The predicted molar refractivity (Wildman–Crippen MR) is 96.0 cm³/mol. The molecular formula is C18H15ClF3N5O. The molecule has 3 aromatic heterocycles. The van der Waals surface area contributed by atoms with Crippen LogP contribution in [0.2, 0.25) is 5.02 Å². The number of carbonyl (C=O) groups is 1. The van der Waals surface area contributed by atoms with Crippen molar-refractivity contribution in [1.82, 2.24) is 24.9 Å². The van der Waals surface area contributed by atoms with Gasteiger partial charge in [-0.3, -0.25) is 9.78 Å². The SMILES string of the molecule is Cc1cc(-c2ncccc2Cl)nc2cc(C(=O)NC(C3CC3)C(F)(F)F)nn12. The number of aryl methyl sites for hydroxylation is 1. The van der Waals surface area contributed by atoms with Gasteiger partial charge in [0.15, 0.2) is 11.3 Å². The molecule has 0 bridgehead atoms. The zero-order chi connectivity index (χ0) is 20.1. The molecule has 1 atom stereocenters. The van der Waals surface area contributed by atoms with Crippen molar-refractivity contribution in [2.45, 2.75) is 32.0 Å². The summed E-state index contributed by atoms with van der Waals surface area (Å²) < 4.78 is 40.9. The van der Waals surface area contributed by atoms with Crippen molar-refractivity contribution in [3.05, 3.63) is 46.9 Å². The van der Waals surface area contributed by atoms with Crippen LogP contribution in [0.3, 0.4) is 0 Å². The van der Waals surface area contributed by atoms with Gasteiger partial charge < -0.3 is 5.32 Å². The fraction of sp³-hybridized carbons (Fsp3) is 0.333. The largest absolute Gasteiger partial charge is 0.408 e. The normalized spacial score (nSPS) is 15.6. The number of nitrogens with one attached hydrogen (secondary N) is 1. The van der Waals surface area contributed by atoms with Crippen molar-refractivity contribution in [1.29, 1.82) is 0 Å². The number of halogens is 4. The molecule has 3 heterocycles. The monoisotopic (exact) mass is 409 g/mol. The molecule has 146 valence electrons. The molecule has 1 amide bonds. The maximum absolute atomic E-state index is 13.2. The number of pyridine rings is 1. The third kappa shape index (κ3) is 3.54. The van der Waals surface area contributed by atoms with E-state index in [2.05, 4.69) is 20.4 Å². The summed E-state index contributed by atoms with van der Waals surface area (Å²) in [5.74, 6) is -1.45. The molecule has 1 fully saturated rings. The van der Waals surface area contributed by atoms with Crippen molar-refractivity contribution < 1.29 is 18.0 Å². The fourth-order valence-electron chi connectivity index (χ4n) is 3.04. The van der Waals surface area contributed by atoms with Gasteiger partial charge in [0.05, 0.1) is 10.7 Å². The lowest BCUT2D eigenvalue weighted by Crippen LogP contribution is -2.47. The van der Waals surface area contributed by atoms with E-state index in [1.165, 1.54) is 10.6 Å². The van der Waals surface area contributed by atoms with Crippen LogP contribution < -0.4 is 5.32 Å². The second-order valence-electron chi connectivity index (χ2n) is 6.75. The van der Waals surface area contributed by atoms with Crippen LogP contribution in [-0.4, -0.2) is 37.7 Å². The minimum atomic E-state index is -4.49. The number of nitrogens with zero attached hydrogens (tertiary/aromatic N) is 4. The van der Waals surface area contributed by atoms with Gasteiger partial charge >= 0.3 is 6.18 Å². The minimum absolute atomic E-state index is 0.130. The Morgan fingerprint density at radius 3 is 2.75 bits per heavy atom. The second-order valence-corrected chi connectivity index (χ2v) is 7.15. The second kappa shape index (κ2) is 6.73. The van der Waals surface area contributed by atoms with E-state index in [1.54, 1.807) is 31.3 Å². The number of alkyl halides is 3. The van der Waals surface area contributed by atoms with E-state index in [-0.39, 0.29) is 5.69 Å². The van der Waals surface area contributed by atoms with Crippen molar-refractivity contribution in [3.8, 4) is 11.4 Å². The van der Waals surface area contributed by atoms with Crippen molar-refractivity contribution in [2.24, 2.45) is 5.92 Å². The smallest absolute Gasteiger partial charge is 0.339 e. The van der Waals surface area contributed by atoms with Crippen LogP contribution in [0.15, 0.2) is 30.5 Å². The maximum atomic E-state index is 13.2. The van der Waals surface area contributed by atoms with Gasteiger partial charge in [0.1, 0.15) is 11.7 Å². The Hall–Kier alpha value is -2.68. The summed E-state index contributed by atoms with van der Waals surface area (Å²) in [6.45, 7) is 1.74. The first kappa shape index (κ1) is 18.7. The van der Waals surface area contributed by atoms with Gasteiger partial charge in [0.2, 0.25) is 0 Å².